The minimum atomic E-state index is -0.148. The van der Waals surface area contributed by atoms with Gasteiger partial charge in [0, 0.05) is 71.6 Å². The molecular weight excluding hydrogens is 782 g/mol. The van der Waals surface area contributed by atoms with Gasteiger partial charge in [-0.05, 0) is 103 Å². The van der Waals surface area contributed by atoms with Crippen LogP contribution in [0.2, 0.25) is 0 Å². The summed E-state index contributed by atoms with van der Waals surface area (Å²) in [6, 6.07) is 13.7. The zero-order chi connectivity index (χ0) is 32.0. The van der Waals surface area contributed by atoms with Gasteiger partial charge in [0.2, 0.25) is 11.8 Å². The lowest BCUT2D eigenvalue weighted by Crippen LogP contribution is -2.24. The van der Waals surface area contributed by atoms with E-state index in [1.165, 1.54) is 37.0 Å². The van der Waals surface area contributed by atoms with Crippen LogP contribution in [0.1, 0.15) is 69.7 Å². The quantitative estimate of drug-likeness (QED) is 0.262. The van der Waals surface area contributed by atoms with Crippen LogP contribution >= 0.6 is 47.8 Å². The summed E-state index contributed by atoms with van der Waals surface area (Å²) in [7, 11) is 0. The Kier molecular flexibility index (Phi) is 11.6. The number of aliphatic imine (C=N–C) groups is 1. The summed E-state index contributed by atoms with van der Waals surface area (Å²) in [4.78, 5) is 29.9. The molecule has 46 heavy (non-hydrogen) atoms. The molecule has 2 unspecified atom stereocenters. The molecule has 8 rings (SSSR count). The molecule has 6 heterocycles. The lowest BCUT2D eigenvalue weighted by molar-refractivity contribution is -0.124. The molecule has 12 heteroatoms. The summed E-state index contributed by atoms with van der Waals surface area (Å²) in [5.74, 6) is 3.55. The zero-order valence-electron chi connectivity index (χ0n) is 25.8. The van der Waals surface area contributed by atoms with Gasteiger partial charge in [0.25, 0.3) is 0 Å². The van der Waals surface area contributed by atoms with Crippen molar-refractivity contribution in [1.29, 1.82) is 0 Å². The number of nitrogens with one attached hydrogen (secondary N) is 2. The number of aryl methyl sites for hydroxylation is 1. The van der Waals surface area contributed by atoms with Crippen molar-refractivity contribution in [3.8, 4) is 0 Å². The Balaban J connectivity index is 0.000000134. The second kappa shape index (κ2) is 15.9. The van der Waals surface area contributed by atoms with Crippen LogP contribution in [0.3, 0.4) is 0 Å². The normalized spacial score (nSPS) is 23.2. The summed E-state index contributed by atoms with van der Waals surface area (Å²) < 4.78 is 16.7. The van der Waals surface area contributed by atoms with E-state index in [9.17, 15) is 9.59 Å². The highest BCUT2D eigenvalue weighted by molar-refractivity contribution is 9.11. The monoisotopic (exact) mass is 819 g/mol. The number of anilines is 1. The number of imidazole rings is 1. The van der Waals surface area contributed by atoms with E-state index >= 15 is 0 Å². The molecule has 3 aromatic rings. The molecule has 3 saturated heterocycles. The van der Waals surface area contributed by atoms with Crippen LogP contribution in [0.4, 0.5) is 5.69 Å². The van der Waals surface area contributed by atoms with Crippen LogP contribution < -0.4 is 10.6 Å². The Labute approximate surface area is 295 Å². The molecule has 5 aliphatic rings. The number of halogens is 3. The van der Waals surface area contributed by atoms with E-state index in [2.05, 4.69) is 87.3 Å². The van der Waals surface area contributed by atoms with E-state index < -0.39 is 0 Å². The number of nitrogens with zero attached hydrogens (tertiary/aromatic N) is 3. The average Bonchev–Trinajstić information content (AvgIpc) is 3.86. The molecule has 0 bridgehead atoms. The second-order valence-electron chi connectivity index (χ2n) is 12.4. The van der Waals surface area contributed by atoms with E-state index in [-0.39, 0.29) is 11.8 Å². The standard InChI is InChI=1S/C15H18Br2N2O.C15H17BrN2O.C4H5NO2/c16-11-1-2-14(12(17)9-11)19-15-4-3-13(18-15)10-5-7-20-8-6-10;16-11-1-2-12-14(9-11)18-13(3-4-15(18)17-12)10-5-7-19-8-6-10;6-3-1-2-4(7)5-3/h1-2,9-10,13H,3-8H2,(H,18,19);1-2,9-10,13H,3-8H2;1-2H2,(H,5,6,7). The molecule has 1 aromatic heterocycles. The fraction of sp³-hybridized carbons (Fsp3) is 0.529. The van der Waals surface area contributed by atoms with Crippen molar-refractivity contribution in [2.75, 3.05) is 31.7 Å². The topological polar surface area (TPSA) is 107 Å². The molecule has 3 fully saturated rings. The number of imide groups is 1. The first-order chi connectivity index (χ1) is 22.3. The fourth-order valence-electron chi connectivity index (χ4n) is 7.02. The SMILES string of the molecule is Brc1ccc(NC2=NC(C3CCOCC3)CC2)c(Br)c1.Brc1ccc2nc3n(c2c1)C(C1CCOCC1)CC3.O=C1CCC(=O)N1. The van der Waals surface area contributed by atoms with Crippen molar-refractivity contribution < 1.29 is 19.1 Å². The Bertz CT molecular complexity index is 1570. The van der Waals surface area contributed by atoms with Crippen LogP contribution in [0.15, 0.2) is 54.8 Å². The number of benzene rings is 2. The number of hydrogen-bond donors (Lipinski definition) is 2. The van der Waals surface area contributed by atoms with Crippen molar-refractivity contribution in [3.05, 3.63) is 55.6 Å². The highest BCUT2D eigenvalue weighted by Crippen LogP contribution is 2.40. The predicted octanol–water partition coefficient (Wildman–Crippen LogP) is 7.75. The van der Waals surface area contributed by atoms with Gasteiger partial charge in [-0.3, -0.25) is 19.9 Å². The number of hydrogen-bond acceptors (Lipinski definition) is 7. The third-order valence-corrected chi connectivity index (χ3v) is 11.0. The third kappa shape index (κ3) is 8.47. The minimum absolute atomic E-state index is 0.148. The maximum atomic E-state index is 10.1. The summed E-state index contributed by atoms with van der Waals surface area (Å²) in [5.41, 5.74) is 3.51. The van der Waals surface area contributed by atoms with Gasteiger partial charge < -0.3 is 19.4 Å². The summed E-state index contributed by atoms with van der Waals surface area (Å²) in [5, 5.41) is 5.60. The van der Waals surface area contributed by atoms with Crippen LogP contribution in [0.25, 0.3) is 11.0 Å². The van der Waals surface area contributed by atoms with Gasteiger partial charge in [-0.25, -0.2) is 4.98 Å². The van der Waals surface area contributed by atoms with Gasteiger partial charge in [0.1, 0.15) is 11.7 Å². The molecular formula is C34H40Br3N5O4. The molecule has 246 valence electrons. The van der Waals surface area contributed by atoms with E-state index in [0.717, 1.165) is 88.5 Å². The molecule has 2 atom stereocenters. The molecule has 2 amide bonds. The number of rotatable bonds is 3. The van der Waals surface area contributed by atoms with Crippen LogP contribution in [0, 0.1) is 11.8 Å². The molecule has 5 aliphatic heterocycles. The van der Waals surface area contributed by atoms with Crippen molar-refractivity contribution in [2.45, 2.75) is 76.3 Å². The Morgan fingerprint density at radius 1 is 0.761 bits per heavy atom. The molecule has 0 spiro atoms. The van der Waals surface area contributed by atoms with E-state index in [4.69, 9.17) is 19.5 Å². The zero-order valence-corrected chi connectivity index (χ0v) is 30.5. The van der Waals surface area contributed by atoms with Gasteiger partial charge in [-0.2, -0.15) is 0 Å². The molecule has 0 radical (unpaired) electrons. The first-order valence-electron chi connectivity index (χ1n) is 16.3. The summed E-state index contributed by atoms with van der Waals surface area (Å²) in [6.07, 6.45) is 10.0. The smallest absolute Gasteiger partial charge is 0.227 e. The number of aromatic nitrogens is 2. The third-order valence-electron chi connectivity index (χ3n) is 9.41. The fourth-order valence-corrected chi connectivity index (χ4v) is 8.52. The number of ether oxygens (including phenoxy) is 2. The number of carbonyl (C=O) groups is 2. The van der Waals surface area contributed by atoms with E-state index in [0.29, 0.717) is 30.8 Å². The van der Waals surface area contributed by atoms with Gasteiger partial charge in [0.15, 0.2) is 0 Å². The average molecular weight is 822 g/mol. The molecule has 9 nitrogen and oxygen atoms in total. The highest BCUT2D eigenvalue weighted by atomic mass is 79.9. The first-order valence-corrected chi connectivity index (χ1v) is 18.6. The van der Waals surface area contributed by atoms with Gasteiger partial charge in [-0.15, -0.1) is 0 Å². The number of amidine groups is 1. The van der Waals surface area contributed by atoms with Crippen molar-refractivity contribution in [2.24, 2.45) is 16.8 Å². The van der Waals surface area contributed by atoms with Crippen molar-refractivity contribution in [3.63, 3.8) is 0 Å². The Morgan fingerprint density at radius 3 is 2.07 bits per heavy atom. The van der Waals surface area contributed by atoms with Crippen LogP contribution in [0.5, 0.6) is 0 Å². The number of carbonyl (C=O) groups excluding carboxylic acids is 2. The summed E-state index contributed by atoms with van der Waals surface area (Å²) >= 11 is 10.6. The van der Waals surface area contributed by atoms with Crippen LogP contribution in [-0.4, -0.2) is 59.7 Å². The molecule has 2 aromatic carbocycles. The van der Waals surface area contributed by atoms with Crippen molar-refractivity contribution >= 4 is 82.2 Å². The maximum absolute atomic E-state index is 10.1. The van der Waals surface area contributed by atoms with Crippen LogP contribution in [-0.2, 0) is 25.5 Å². The molecule has 0 aliphatic carbocycles. The predicted molar refractivity (Wildman–Crippen MR) is 190 cm³/mol. The minimum Gasteiger partial charge on any atom is -0.381 e. The number of fused-ring (bicyclic) bond motifs is 3. The van der Waals surface area contributed by atoms with E-state index in [1.54, 1.807) is 0 Å². The van der Waals surface area contributed by atoms with Gasteiger partial charge in [-0.1, -0.05) is 31.9 Å². The largest absolute Gasteiger partial charge is 0.381 e. The molecule has 2 N–H and O–H groups in total. The maximum Gasteiger partial charge on any atom is 0.227 e. The molecule has 0 saturated carbocycles. The summed E-state index contributed by atoms with van der Waals surface area (Å²) in [6.45, 7) is 3.65. The lowest BCUT2D eigenvalue weighted by Gasteiger charge is -2.29. The Hall–Kier alpha value is -2.12. The van der Waals surface area contributed by atoms with Gasteiger partial charge in [0.05, 0.1) is 22.8 Å². The van der Waals surface area contributed by atoms with Gasteiger partial charge >= 0.3 is 0 Å². The van der Waals surface area contributed by atoms with E-state index in [1.807, 2.05) is 12.1 Å². The highest BCUT2D eigenvalue weighted by Gasteiger charge is 2.33. The first kappa shape index (κ1) is 33.8. The second-order valence-corrected chi connectivity index (χ2v) is 15.1. The number of amides is 2. The Morgan fingerprint density at radius 2 is 1.41 bits per heavy atom. The lowest BCUT2D eigenvalue weighted by atomic mass is 9.90. The van der Waals surface area contributed by atoms with Crippen molar-refractivity contribution in [1.82, 2.24) is 14.9 Å².